The fraction of sp³-hybridized carbons (Fsp3) is 0.235. The molecule has 0 atom stereocenters. The molecule has 1 aromatic carbocycles. The highest BCUT2D eigenvalue weighted by atomic mass is 15.5. The van der Waals surface area contributed by atoms with Crippen LogP contribution in [0.4, 0.5) is 5.69 Å². The average molecular weight is 265 g/mol. The molecule has 0 aliphatic heterocycles. The lowest BCUT2D eigenvalue weighted by atomic mass is 10.2. The van der Waals surface area contributed by atoms with E-state index >= 15 is 0 Å². The van der Waals surface area contributed by atoms with Crippen molar-refractivity contribution in [3.8, 4) is 0 Å². The first-order valence-corrected chi connectivity index (χ1v) is 6.99. The third kappa shape index (κ3) is 2.39. The van der Waals surface area contributed by atoms with Gasteiger partial charge in [-0.05, 0) is 30.2 Å². The molecule has 0 amide bonds. The van der Waals surface area contributed by atoms with E-state index < -0.39 is 0 Å². The molecule has 0 spiro atoms. The van der Waals surface area contributed by atoms with E-state index in [1.807, 2.05) is 12.4 Å². The van der Waals surface area contributed by atoms with Crippen LogP contribution < -0.4 is 5.01 Å². The van der Waals surface area contributed by atoms with Gasteiger partial charge in [-0.1, -0.05) is 32.0 Å². The molecule has 2 heterocycles. The van der Waals surface area contributed by atoms with Crippen LogP contribution in [0.25, 0.3) is 10.9 Å². The molecule has 0 radical (unpaired) electrons. The maximum Gasteiger partial charge on any atom is 0.0698 e. The minimum atomic E-state index is 0.573. The predicted molar refractivity (Wildman–Crippen MR) is 83.8 cm³/mol. The quantitative estimate of drug-likeness (QED) is 0.712. The summed E-state index contributed by atoms with van der Waals surface area (Å²) in [5.41, 5.74) is 2.39. The van der Waals surface area contributed by atoms with Crippen LogP contribution >= 0.6 is 0 Å². The summed E-state index contributed by atoms with van der Waals surface area (Å²) in [7, 11) is 0. The number of pyridine rings is 1. The zero-order valence-electron chi connectivity index (χ0n) is 11.9. The van der Waals surface area contributed by atoms with Crippen LogP contribution in [-0.2, 0) is 0 Å². The zero-order valence-corrected chi connectivity index (χ0v) is 11.9. The standard InChI is InChI=1S/C17H19N3/c1-14(2)13-20(16-7-10-18-11-8-16)19-12-9-15-5-3-4-6-17(15)19/h3-12,14H,13H2,1-2H3. The van der Waals surface area contributed by atoms with Gasteiger partial charge in [0, 0.05) is 30.5 Å². The Hall–Kier alpha value is -2.29. The fourth-order valence-corrected chi connectivity index (χ4v) is 2.46. The molecule has 20 heavy (non-hydrogen) atoms. The van der Waals surface area contributed by atoms with E-state index in [1.54, 1.807) is 0 Å². The van der Waals surface area contributed by atoms with E-state index in [1.165, 1.54) is 10.9 Å². The summed E-state index contributed by atoms with van der Waals surface area (Å²) < 4.78 is 2.23. The average Bonchev–Trinajstić information content (AvgIpc) is 2.89. The molecule has 3 heteroatoms. The van der Waals surface area contributed by atoms with Gasteiger partial charge in [-0.3, -0.25) is 14.7 Å². The fourth-order valence-electron chi connectivity index (χ4n) is 2.46. The van der Waals surface area contributed by atoms with Crippen molar-refractivity contribution in [2.45, 2.75) is 13.8 Å². The van der Waals surface area contributed by atoms with Gasteiger partial charge in [0.2, 0.25) is 0 Å². The van der Waals surface area contributed by atoms with Crippen molar-refractivity contribution >= 4 is 16.6 Å². The minimum Gasteiger partial charge on any atom is -0.281 e. The number of fused-ring (bicyclic) bond motifs is 1. The number of anilines is 1. The first-order valence-electron chi connectivity index (χ1n) is 6.99. The Labute approximate surface area is 119 Å². The molecular weight excluding hydrogens is 246 g/mol. The molecule has 2 aromatic heterocycles. The Balaban J connectivity index is 2.09. The van der Waals surface area contributed by atoms with Gasteiger partial charge in [0.25, 0.3) is 0 Å². The normalized spacial score (nSPS) is 11.2. The van der Waals surface area contributed by atoms with Crippen molar-refractivity contribution in [3.63, 3.8) is 0 Å². The van der Waals surface area contributed by atoms with Gasteiger partial charge in [-0.25, -0.2) is 0 Å². The van der Waals surface area contributed by atoms with E-state index in [0.717, 1.165) is 12.2 Å². The first kappa shape index (κ1) is 12.7. The molecule has 3 nitrogen and oxygen atoms in total. The van der Waals surface area contributed by atoms with E-state index in [4.69, 9.17) is 0 Å². The highest BCUT2D eigenvalue weighted by molar-refractivity contribution is 5.80. The number of benzene rings is 1. The monoisotopic (exact) mass is 265 g/mol. The van der Waals surface area contributed by atoms with Gasteiger partial charge in [-0.15, -0.1) is 0 Å². The largest absolute Gasteiger partial charge is 0.281 e. The molecule has 0 unspecified atom stereocenters. The number of aromatic nitrogens is 2. The second kappa shape index (κ2) is 5.37. The SMILES string of the molecule is CC(C)CN(c1ccncc1)n1ccc2ccccc21. The van der Waals surface area contributed by atoms with Gasteiger partial charge in [-0.2, -0.15) is 0 Å². The second-order valence-corrected chi connectivity index (χ2v) is 5.40. The number of nitrogens with zero attached hydrogens (tertiary/aromatic N) is 3. The molecule has 0 fully saturated rings. The molecule has 0 saturated heterocycles. The number of hydrogen-bond donors (Lipinski definition) is 0. The summed E-state index contributed by atoms with van der Waals surface area (Å²) in [6, 6.07) is 14.7. The summed E-state index contributed by atoms with van der Waals surface area (Å²) in [5, 5.41) is 3.56. The summed E-state index contributed by atoms with van der Waals surface area (Å²) in [4.78, 5) is 4.11. The van der Waals surface area contributed by atoms with Crippen molar-refractivity contribution in [3.05, 3.63) is 61.1 Å². The van der Waals surface area contributed by atoms with Gasteiger partial charge >= 0.3 is 0 Å². The number of rotatable bonds is 4. The molecule has 3 rings (SSSR count). The van der Waals surface area contributed by atoms with Crippen molar-refractivity contribution in [1.82, 2.24) is 9.66 Å². The topological polar surface area (TPSA) is 21.1 Å². The Morgan fingerprint density at radius 2 is 1.80 bits per heavy atom. The molecule has 0 aliphatic rings. The molecule has 3 aromatic rings. The smallest absolute Gasteiger partial charge is 0.0698 e. The molecule has 0 aliphatic carbocycles. The number of para-hydroxylation sites is 1. The third-order valence-electron chi connectivity index (χ3n) is 3.34. The van der Waals surface area contributed by atoms with Crippen LogP contribution in [-0.4, -0.2) is 16.2 Å². The van der Waals surface area contributed by atoms with Crippen LogP contribution in [0.3, 0.4) is 0 Å². The summed E-state index contributed by atoms with van der Waals surface area (Å²) >= 11 is 0. The van der Waals surface area contributed by atoms with Gasteiger partial charge in [0.05, 0.1) is 11.2 Å². The zero-order chi connectivity index (χ0) is 13.9. The van der Waals surface area contributed by atoms with Crippen LogP contribution in [0, 0.1) is 5.92 Å². The van der Waals surface area contributed by atoms with Crippen molar-refractivity contribution < 1.29 is 0 Å². The van der Waals surface area contributed by atoms with E-state index in [0.29, 0.717) is 5.92 Å². The van der Waals surface area contributed by atoms with Crippen LogP contribution in [0.5, 0.6) is 0 Å². The molecule has 0 bridgehead atoms. The summed E-state index contributed by atoms with van der Waals surface area (Å²) in [6.45, 7) is 5.43. The number of hydrogen-bond acceptors (Lipinski definition) is 2. The summed E-state index contributed by atoms with van der Waals surface area (Å²) in [5.74, 6) is 0.573. The lowest BCUT2D eigenvalue weighted by Gasteiger charge is -2.28. The van der Waals surface area contributed by atoms with E-state index in [2.05, 4.69) is 77.2 Å². The molecular formula is C17H19N3. The summed E-state index contributed by atoms with van der Waals surface area (Å²) in [6.07, 6.45) is 5.82. The van der Waals surface area contributed by atoms with Crippen molar-refractivity contribution in [2.75, 3.05) is 11.6 Å². The lowest BCUT2D eigenvalue weighted by Crippen LogP contribution is -2.32. The van der Waals surface area contributed by atoms with E-state index in [9.17, 15) is 0 Å². The van der Waals surface area contributed by atoms with Crippen molar-refractivity contribution in [1.29, 1.82) is 0 Å². The lowest BCUT2D eigenvalue weighted by molar-refractivity contribution is 0.577. The Morgan fingerprint density at radius 3 is 2.55 bits per heavy atom. The highest BCUT2D eigenvalue weighted by Gasteiger charge is 2.12. The molecule has 0 saturated carbocycles. The van der Waals surface area contributed by atoms with E-state index in [-0.39, 0.29) is 0 Å². The second-order valence-electron chi connectivity index (χ2n) is 5.40. The van der Waals surface area contributed by atoms with Gasteiger partial charge in [0.1, 0.15) is 0 Å². The Kier molecular flexibility index (Phi) is 3.42. The Bertz CT molecular complexity index is 686. The Morgan fingerprint density at radius 1 is 1.05 bits per heavy atom. The van der Waals surface area contributed by atoms with Gasteiger partial charge < -0.3 is 0 Å². The highest BCUT2D eigenvalue weighted by Crippen LogP contribution is 2.22. The maximum atomic E-state index is 4.11. The van der Waals surface area contributed by atoms with Crippen LogP contribution in [0.1, 0.15) is 13.8 Å². The first-order chi connectivity index (χ1) is 9.75. The maximum absolute atomic E-state index is 4.11. The third-order valence-corrected chi connectivity index (χ3v) is 3.34. The molecule has 102 valence electrons. The van der Waals surface area contributed by atoms with Crippen LogP contribution in [0.15, 0.2) is 61.1 Å². The molecule has 0 N–H and O–H groups in total. The van der Waals surface area contributed by atoms with Crippen LogP contribution in [0.2, 0.25) is 0 Å². The van der Waals surface area contributed by atoms with Gasteiger partial charge in [0.15, 0.2) is 0 Å². The minimum absolute atomic E-state index is 0.573. The van der Waals surface area contributed by atoms with Crippen molar-refractivity contribution in [2.24, 2.45) is 5.92 Å². The predicted octanol–water partition coefficient (Wildman–Crippen LogP) is 3.96.